The average Bonchev–Trinajstić information content (AvgIpc) is 2.82. The first-order valence-electron chi connectivity index (χ1n) is 11.3. The van der Waals surface area contributed by atoms with Gasteiger partial charge in [0.2, 0.25) is 0 Å². The zero-order valence-corrected chi connectivity index (χ0v) is 19.7. The van der Waals surface area contributed by atoms with Crippen LogP contribution in [0, 0.1) is 13.8 Å². The van der Waals surface area contributed by atoms with Gasteiger partial charge in [-0.25, -0.2) is 0 Å². The van der Waals surface area contributed by atoms with Crippen molar-refractivity contribution in [1.82, 2.24) is 0 Å². The molecule has 0 aliphatic carbocycles. The number of fused-ring (bicyclic) bond motifs is 1. The summed E-state index contributed by atoms with van der Waals surface area (Å²) < 4.78 is 12.1. The van der Waals surface area contributed by atoms with Gasteiger partial charge in [0, 0.05) is 17.8 Å². The van der Waals surface area contributed by atoms with E-state index < -0.39 is 0 Å². The Balaban J connectivity index is 1.58. The Kier molecular flexibility index (Phi) is 6.99. The molecule has 0 bridgehead atoms. The second-order valence-electron chi connectivity index (χ2n) is 8.38. The quantitative estimate of drug-likeness (QED) is 0.277. The third-order valence-corrected chi connectivity index (χ3v) is 5.89. The molecule has 33 heavy (non-hydrogen) atoms. The highest BCUT2D eigenvalue weighted by Gasteiger charge is 2.14. The Morgan fingerprint density at radius 3 is 2.52 bits per heavy atom. The predicted octanol–water partition coefficient (Wildman–Crippen LogP) is 7.38. The number of benzene rings is 4. The van der Waals surface area contributed by atoms with Crippen LogP contribution in [0.25, 0.3) is 10.8 Å². The molecular weight excluding hydrogens is 406 g/mol. The van der Waals surface area contributed by atoms with Crippen LogP contribution in [0.4, 0.5) is 5.69 Å². The fourth-order valence-corrected chi connectivity index (χ4v) is 4.23. The van der Waals surface area contributed by atoms with Crippen molar-refractivity contribution < 1.29 is 9.47 Å². The van der Waals surface area contributed by atoms with Crippen molar-refractivity contribution in [3.8, 4) is 11.5 Å². The second kappa shape index (κ2) is 10.3. The summed E-state index contributed by atoms with van der Waals surface area (Å²) in [5.74, 6) is 1.52. The lowest BCUT2D eigenvalue weighted by atomic mass is 10.0. The minimum atomic E-state index is 0.474. The molecule has 168 valence electrons. The van der Waals surface area contributed by atoms with Crippen LogP contribution < -0.4 is 14.8 Å². The Labute approximate surface area is 196 Å². The normalized spacial score (nSPS) is 10.8. The highest BCUT2D eigenvalue weighted by Crippen LogP contribution is 2.35. The molecule has 3 heteroatoms. The van der Waals surface area contributed by atoms with Gasteiger partial charge >= 0.3 is 0 Å². The minimum absolute atomic E-state index is 0.474. The van der Waals surface area contributed by atoms with E-state index in [9.17, 15) is 0 Å². The fourth-order valence-electron chi connectivity index (χ4n) is 4.23. The topological polar surface area (TPSA) is 30.5 Å². The van der Waals surface area contributed by atoms with Crippen molar-refractivity contribution in [1.29, 1.82) is 0 Å². The van der Waals surface area contributed by atoms with Crippen LogP contribution in [0.3, 0.4) is 0 Å². The number of rotatable bonds is 9. The van der Waals surface area contributed by atoms with E-state index in [4.69, 9.17) is 9.47 Å². The third-order valence-electron chi connectivity index (χ3n) is 5.89. The maximum absolute atomic E-state index is 6.36. The number of methoxy groups -OCH3 is 1. The van der Waals surface area contributed by atoms with Gasteiger partial charge in [0.25, 0.3) is 0 Å². The van der Waals surface area contributed by atoms with Crippen LogP contribution in [0.5, 0.6) is 11.5 Å². The second-order valence-corrected chi connectivity index (χ2v) is 8.38. The van der Waals surface area contributed by atoms with Gasteiger partial charge in [-0.2, -0.15) is 0 Å². The van der Waals surface area contributed by atoms with Gasteiger partial charge in [-0.05, 0) is 65.9 Å². The highest BCUT2D eigenvalue weighted by atomic mass is 16.5. The lowest BCUT2D eigenvalue weighted by molar-refractivity contribution is 0.283. The zero-order valence-electron chi connectivity index (χ0n) is 19.7. The Morgan fingerprint density at radius 1 is 0.909 bits per heavy atom. The van der Waals surface area contributed by atoms with Crippen molar-refractivity contribution in [2.24, 2.45) is 0 Å². The number of nitrogens with one attached hydrogen (secondary N) is 1. The van der Waals surface area contributed by atoms with E-state index in [-0.39, 0.29) is 0 Å². The van der Waals surface area contributed by atoms with Gasteiger partial charge < -0.3 is 14.8 Å². The molecule has 0 heterocycles. The number of ether oxygens (including phenoxy) is 2. The van der Waals surface area contributed by atoms with Gasteiger partial charge in [-0.15, -0.1) is 6.58 Å². The Hall–Kier alpha value is -3.72. The maximum Gasteiger partial charge on any atom is 0.165 e. The van der Waals surface area contributed by atoms with E-state index in [1.807, 2.05) is 6.08 Å². The van der Waals surface area contributed by atoms with Crippen molar-refractivity contribution in [2.75, 3.05) is 12.4 Å². The first kappa shape index (κ1) is 22.5. The van der Waals surface area contributed by atoms with Crippen molar-refractivity contribution in [3.63, 3.8) is 0 Å². The summed E-state index contributed by atoms with van der Waals surface area (Å²) >= 11 is 0. The Bertz CT molecular complexity index is 1270. The van der Waals surface area contributed by atoms with Gasteiger partial charge in [-0.3, -0.25) is 0 Å². The molecule has 0 spiro atoms. The summed E-state index contributed by atoms with van der Waals surface area (Å²) in [5.41, 5.74) is 7.01. The van der Waals surface area contributed by atoms with E-state index in [0.717, 1.165) is 33.9 Å². The van der Waals surface area contributed by atoms with Crippen LogP contribution in [-0.2, 0) is 19.6 Å². The molecule has 0 fully saturated rings. The van der Waals surface area contributed by atoms with Gasteiger partial charge in [0.15, 0.2) is 11.5 Å². The summed E-state index contributed by atoms with van der Waals surface area (Å²) in [6.45, 7) is 9.36. The standard InChI is InChI=1S/C30H31NO2/c1-5-9-25-17-23(19-31-28-15-14-21(2)16-22(28)3)18-29(32-4)30(25)33-20-26-12-8-11-24-10-6-7-13-27(24)26/h5-8,10-18,31H,1,9,19-20H2,2-4H3. The summed E-state index contributed by atoms with van der Waals surface area (Å²) in [7, 11) is 1.69. The Morgan fingerprint density at radius 2 is 1.73 bits per heavy atom. The molecule has 0 aliphatic heterocycles. The summed E-state index contributed by atoms with van der Waals surface area (Å²) in [6, 6.07) is 25.4. The molecule has 0 saturated heterocycles. The lowest BCUT2D eigenvalue weighted by Gasteiger charge is -2.18. The molecule has 1 N–H and O–H groups in total. The molecule has 3 nitrogen and oxygen atoms in total. The number of hydrogen-bond acceptors (Lipinski definition) is 3. The van der Waals surface area contributed by atoms with Crippen molar-refractivity contribution >= 4 is 16.5 Å². The number of allylic oxidation sites excluding steroid dienone is 1. The monoisotopic (exact) mass is 437 g/mol. The van der Waals surface area contributed by atoms with Crippen LogP contribution in [0.2, 0.25) is 0 Å². The van der Waals surface area contributed by atoms with Gasteiger partial charge in [0.1, 0.15) is 6.61 Å². The zero-order chi connectivity index (χ0) is 23.2. The molecule has 0 radical (unpaired) electrons. The van der Waals surface area contributed by atoms with Crippen LogP contribution >= 0.6 is 0 Å². The first-order valence-corrected chi connectivity index (χ1v) is 11.3. The maximum atomic E-state index is 6.36. The van der Waals surface area contributed by atoms with Crippen LogP contribution in [0.1, 0.15) is 27.8 Å². The largest absolute Gasteiger partial charge is 0.493 e. The molecular formula is C30H31NO2. The van der Waals surface area contributed by atoms with E-state index in [1.54, 1.807) is 7.11 Å². The smallest absolute Gasteiger partial charge is 0.165 e. The molecule has 0 unspecified atom stereocenters. The van der Waals surface area contributed by atoms with E-state index in [1.165, 1.54) is 21.9 Å². The van der Waals surface area contributed by atoms with Crippen molar-refractivity contribution in [3.05, 3.63) is 113 Å². The van der Waals surface area contributed by atoms with Gasteiger partial charge in [0.05, 0.1) is 7.11 Å². The van der Waals surface area contributed by atoms with E-state index in [0.29, 0.717) is 19.6 Å². The number of anilines is 1. The fraction of sp³-hybridized carbons (Fsp3) is 0.200. The number of hydrogen-bond donors (Lipinski definition) is 1. The first-order chi connectivity index (χ1) is 16.1. The van der Waals surface area contributed by atoms with E-state index >= 15 is 0 Å². The SMILES string of the molecule is C=CCc1cc(CNc2ccc(C)cc2C)cc(OC)c1OCc1cccc2ccccc12. The third kappa shape index (κ3) is 5.20. The molecule has 4 rings (SSSR count). The minimum Gasteiger partial charge on any atom is -0.493 e. The summed E-state index contributed by atoms with van der Waals surface area (Å²) in [5, 5.41) is 5.97. The molecule has 0 aliphatic rings. The number of aryl methyl sites for hydroxylation is 2. The van der Waals surface area contributed by atoms with Gasteiger partial charge in [-0.1, -0.05) is 66.2 Å². The van der Waals surface area contributed by atoms with Crippen molar-refractivity contribution in [2.45, 2.75) is 33.4 Å². The van der Waals surface area contributed by atoms with Crippen LogP contribution in [0.15, 0.2) is 85.5 Å². The van der Waals surface area contributed by atoms with E-state index in [2.05, 4.69) is 98.5 Å². The highest BCUT2D eigenvalue weighted by molar-refractivity contribution is 5.85. The summed E-state index contributed by atoms with van der Waals surface area (Å²) in [4.78, 5) is 0. The molecule has 4 aromatic rings. The molecule has 0 saturated carbocycles. The molecule has 4 aromatic carbocycles. The predicted molar refractivity (Wildman–Crippen MR) is 138 cm³/mol. The van der Waals surface area contributed by atoms with Crippen LogP contribution in [-0.4, -0.2) is 7.11 Å². The molecule has 0 amide bonds. The average molecular weight is 438 g/mol. The lowest BCUT2D eigenvalue weighted by Crippen LogP contribution is -2.05. The molecule has 0 aromatic heterocycles. The summed E-state index contributed by atoms with van der Waals surface area (Å²) in [6.07, 6.45) is 2.61. The molecule has 0 atom stereocenters.